The molecule has 0 atom stereocenters. The lowest BCUT2D eigenvalue weighted by Crippen LogP contribution is -2.49. The SMILES string of the molecule is COc1ccccc1/C=C/C(=O)NC(=S)NNC(=O)COc1ccccc1C. The molecule has 3 N–H and O–H groups in total. The Morgan fingerprint density at radius 1 is 1.04 bits per heavy atom. The van der Waals surface area contributed by atoms with E-state index in [-0.39, 0.29) is 11.7 Å². The third-order valence-electron chi connectivity index (χ3n) is 3.56. The minimum Gasteiger partial charge on any atom is -0.496 e. The van der Waals surface area contributed by atoms with Crippen LogP contribution in [0.3, 0.4) is 0 Å². The molecule has 0 unspecified atom stereocenters. The molecule has 28 heavy (non-hydrogen) atoms. The molecule has 0 saturated heterocycles. The molecule has 0 bridgehead atoms. The van der Waals surface area contributed by atoms with Crippen LogP contribution in [-0.4, -0.2) is 30.6 Å². The maximum atomic E-state index is 11.9. The van der Waals surface area contributed by atoms with Gasteiger partial charge in [-0.1, -0.05) is 36.4 Å². The van der Waals surface area contributed by atoms with Crippen LogP contribution in [-0.2, 0) is 9.59 Å². The van der Waals surface area contributed by atoms with Gasteiger partial charge in [-0.2, -0.15) is 0 Å². The zero-order valence-electron chi connectivity index (χ0n) is 15.5. The van der Waals surface area contributed by atoms with Crippen molar-refractivity contribution in [1.82, 2.24) is 16.2 Å². The summed E-state index contributed by atoms with van der Waals surface area (Å²) < 4.78 is 10.6. The van der Waals surface area contributed by atoms with Gasteiger partial charge >= 0.3 is 0 Å². The van der Waals surface area contributed by atoms with E-state index >= 15 is 0 Å². The predicted octanol–water partition coefficient (Wildman–Crippen LogP) is 2.12. The van der Waals surface area contributed by atoms with E-state index < -0.39 is 11.8 Å². The summed E-state index contributed by atoms with van der Waals surface area (Å²) in [5, 5.41) is 2.38. The number of nitrogens with one attached hydrogen (secondary N) is 3. The molecule has 0 aliphatic rings. The topological polar surface area (TPSA) is 88.7 Å². The first-order chi connectivity index (χ1) is 13.5. The van der Waals surface area contributed by atoms with Gasteiger partial charge in [0.1, 0.15) is 11.5 Å². The highest BCUT2D eigenvalue weighted by Gasteiger charge is 2.06. The van der Waals surface area contributed by atoms with Crippen molar-refractivity contribution in [3.05, 3.63) is 65.7 Å². The van der Waals surface area contributed by atoms with E-state index in [4.69, 9.17) is 21.7 Å². The van der Waals surface area contributed by atoms with Crippen LogP contribution >= 0.6 is 12.2 Å². The molecule has 2 aromatic rings. The van der Waals surface area contributed by atoms with Gasteiger partial charge in [0.2, 0.25) is 5.91 Å². The molecular weight excluding hydrogens is 378 g/mol. The van der Waals surface area contributed by atoms with Crippen molar-refractivity contribution in [1.29, 1.82) is 0 Å². The van der Waals surface area contributed by atoms with Gasteiger partial charge in [0, 0.05) is 11.6 Å². The molecule has 0 aromatic heterocycles. The Kier molecular flexibility index (Phi) is 7.98. The van der Waals surface area contributed by atoms with Crippen molar-refractivity contribution >= 4 is 35.2 Å². The molecular formula is C20H21N3O4S. The van der Waals surface area contributed by atoms with Crippen LogP contribution in [0.4, 0.5) is 0 Å². The molecule has 2 rings (SSSR count). The summed E-state index contributed by atoms with van der Waals surface area (Å²) in [7, 11) is 1.55. The molecule has 0 aliphatic carbocycles. The van der Waals surface area contributed by atoms with Crippen molar-refractivity contribution < 1.29 is 19.1 Å². The number of carbonyl (C=O) groups is 2. The smallest absolute Gasteiger partial charge is 0.276 e. The highest BCUT2D eigenvalue weighted by molar-refractivity contribution is 7.80. The molecule has 0 spiro atoms. The molecule has 0 fully saturated rings. The largest absolute Gasteiger partial charge is 0.496 e. The quantitative estimate of drug-likeness (QED) is 0.392. The zero-order chi connectivity index (χ0) is 20.4. The monoisotopic (exact) mass is 399 g/mol. The summed E-state index contributed by atoms with van der Waals surface area (Å²) in [5.74, 6) is 0.376. The summed E-state index contributed by atoms with van der Waals surface area (Å²) in [4.78, 5) is 23.7. The predicted molar refractivity (Wildman–Crippen MR) is 111 cm³/mol. The molecule has 8 heteroatoms. The Morgan fingerprint density at radius 3 is 2.43 bits per heavy atom. The lowest BCUT2D eigenvalue weighted by Gasteiger charge is -2.11. The van der Waals surface area contributed by atoms with Gasteiger partial charge in [-0.3, -0.25) is 25.8 Å². The second kappa shape index (κ2) is 10.7. The number of carbonyl (C=O) groups excluding carboxylic acids is 2. The standard InChI is InChI=1S/C20H21N3O4S/c1-14-7-3-5-9-16(14)27-13-19(25)22-23-20(28)21-18(24)12-11-15-8-4-6-10-17(15)26-2/h3-12H,13H2,1-2H3,(H,22,25)(H2,21,23,24,28)/b12-11+. The van der Waals surface area contributed by atoms with Crippen molar-refractivity contribution in [3.63, 3.8) is 0 Å². The number of amides is 2. The van der Waals surface area contributed by atoms with Crippen LogP contribution in [0, 0.1) is 6.92 Å². The van der Waals surface area contributed by atoms with Gasteiger partial charge in [-0.25, -0.2) is 0 Å². The lowest BCUT2D eigenvalue weighted by atomic mass is 10.2. The second-order valence-electron chi connectivity index (χ2n) is 5.62. The molecule has 0 heterocycles. The number of methoxy groups -OCH3 is 1. The minimum atomic E-state index is -0.450. The molecule has 0 radical (unpaired) electrons. The number of benzene rings is 2. The van der Waals surface area contributed by atoms with Crippen LogP contribution in [0.25, 0.3) is 6.08 Å². The Bertz CT molecular complexity index is 883. The maximum Gasteiger partial charge on any atom is 0.276 e. The van der Waals surface area contributed by atoms with Gasteiger partial charge in [-0.05, 0) is 42.9 Å². The van der Waals surface area contributed by atoms with E-state index in [9.17, 15) is 9.59 Å². The Labute approximate surface area is 168 Å². The molecule has 146 valence electrons. The van der Waals surface area contributed by atoms with Crippen LogP contribution in [0.5, 0.6) is 11.5 Å². The van der Waals surface area contributed by atoms with E-state index in [1.165, 1.54) is 6.08 Å². The summed E-state index contributed by atoms with van der Waals surface area (Å²) >= 11 is 4.97. The van der Waals surface area contributed by atoms with Crippen LogP contribution < -0.4 is 25.6 Å². The van der Waals surface area contributed by atoms with Crippen LogP contribution in [0.1, 0.15) is 11.1 Å². The number of thiocarbonyl (C=S) groups is 1. The Hall–Kier alpha value is -3.39. The van der Waals surface area contributed by atoms with E-state index in [0.717, 1.165) is 11.1 Å². The number of ether oxygens (including phenoxy) is 2. The number of hydrogen-bond donors (Lipinski definition) is 3. The number of aryl methyl sites for hydroxylation is 1. The lowest BCUT2D eigenvalue weighted by molar-refractivity contribution is -0.123. The van der Waals surface area contributed by atoms with Gasteiger partial charge < -0.3 is 9.47 Å². The van der Waals surface area contributed by atoms with Gasteiger partial charge in [0.15, 0.2) is 11.7 Å². The summed E-state index contributed by atoms with van der Waals surface area (Å²) in [6.45, 7) is 1.69. The van der Waals surface area contributed by atoms with Crippen LogP contribution in [0.15, 0.2) is 54.6 Å². The maximum absolute atomic E-state index is 11.9. The average Bonchev–Trinajstić information content (AvgIpc) is 2.70. The molecule has 0 aliphatic heterocycles. The van der Waals surface area contributed by atoms with Crippen molar-refractivity contribution in [3.8, 4) is 11.5 Å². The van der Waals surface area contributed by atoms with E-state index in [1.807, 2.05) is 43.3 Å². The number of rotatable bonds is 6. The fourth-order valence-electron chi connectivity index (χ4n) is 2.18. The molecule has 7 nitrogen and oxygen atoms in total. The fraction of sp³-hybridized carbons (Fsp3) is 0.150. The van der Waals surface area contributed by atoms with Crippen molar-refractivity contribution in [2.75, 3.05) is 13.7 Å². The highest BCUT2D eigenvalue weighted by atomic mass is 32.1. The number of para-hydroxylation sites is 2. The van der Waals surface area contributed by atoms with E-state index in [2.05, 4.69) is 16.2 Å². The third kappa shape index (κ3) is 6.73. The molecule has 2 amide bonds. The summed E-state index contributed by atoms with van der Waals surface area (Å²) in [5.41, 5.74) is 6.48. The van der Waals surface area contributed by atoms with Gasteiger partial charge in [-0.15, -0.1) is 0 Å². The van der Waals surface area contributed by atoms with Crippen LogP contribution in [0.2, 0.25) is 0 Å². The van der Waals surface area contributed by atoms with E-state index in [0.29, 0.717) is 11.5 Å². The highest BCUT2D eigenvalue weighted by Crippen LogP contribution is 2.18. The first kappa shape index (κ1) is 20.9. The molecule has 2 aromatic carbocycles. The third-order valence-corrected chi connectivity index (χ3v) is 3.76. The summed E-state index contributed by atoms with van der Waals surface area (Å²) in [6, 6.07) is 14.6. The normalized spacial score (nSPS) is 10.2. The number of hydrogen-bond acceptors (Lipinski definition) is 5. The summed E-state index contributed by atoms with van der Waals surface area (Å²) in [6.07, 6.45) is 2.92. The average molecular weight is 399 g/mol. The Morgan fingerprint density at radius 2 is 1.71 bits per heavy atom. The van der Waals surface area contributed by atoms with Crippen molar-refractivity contribution in [2.45, 2.75) is 6.92 Å². The first-order valence-electron chi connectivity index (χ1n) is 8.39. The Balaban J connectivity index is 1.74. The first-order valence-corrected chi connectivity index (χ1v) is 8.79. The van der Waals surface area contributed by atoms with Crippen molar-refractivity contribution in [2.24, 2.45) is 0 Å². The van der Waals surface area contributed by atoms with Gasteiger partial charge in [0.25, 0.3) is 5.91 Å². The zero-order valence-corrected chi connectivity index (χ0v) is 16.3. The minimum absolute atomic E-state index is 0.0427. The molecule has 0 saturated carbocycles. The van der Waals surface area contributed by atoms with E-state index in [1.54, 1.807) is 25.3 Å². The number of hydrazine groups is 1. The fourth-order valence-corrected chi connectivity index (χ4v) is 2.33. The second-order valence-corrected chi connectivity index (χ2v) is 6.03. The van der Waals surface area contributed by atoms with Gasteiger partial charge in [0.05, 0.1) is 7.11 Å².